The molecule has 2 atom stereocenters. The molecule has 2 aliphatic rings. The molecule has 3 aromatic rings. The van der Waals surface area contributed by atoms with Crippen molar-refractivity contribution in [1.29, 1.82) is 0 Å². The molecule has 194 valence electrons. The van der Waals surface area contributed by atoms with Crippen molar-refractivity contribution in [1.82, 2.24) is 14.8 Å². The molecule has 36 heavy (non-hydrogen) atoms. The molecule has 0 amide bonds. The Labute approximate surface area is 213 Å². The van der Waals surface area contributed by atoms with Crippen molar-refractivity contribution in [2.75, 3.05) is 11.9 Å². The zero-order valence-electron chi connectivity index (χ0n) is 19.4. The number of halogens is 3. The van der Waals surface area contributed by atoms with E-state index < -0.39 is 23.0 Å². The minimum atomic E-state index is -4.69. The summed E-state index contributed by atoms with van der Waals surface area (Å²) >= 11 is -1.81. The Bertz CT molecular complexity index is 1230. The number of nitrogens with one attached hydrogen (secondary N) is 1. The summed E-state index contributed by atoms with van der Waals surface area (Å²) in [6.45, 7) is 0.674. The first-order chi connectivity index (χ1) is 17.3. The number of hydrogen-bond donors (Lipinski definition) is 1. The maximum absolute atomic E-state index is 13.9. The number of rotatable bonds is 6. The fourth-order valence-electron chi connectivity index (χ4n) is 4.81. The van der Waals surface area contributed by atoms with E-state index >= 15 is 0 Å². The van der Waals surface area contributed by atoms with Gasteiger partial charge in [-0.2, -0.15) is 18.3 Å². The van der Waals surface area contributed by atoms with Gasteiger partial charge in [-0.05, 0) is 55.3 Å². The molecule has 1 saturated heterocycles. The maximum Gasteiger partial charge on any atom is 0.434 e. The number of nitrogens with zero attached hydrogens (tertiary/aromatic N) is 3. The van der Waals surface area contributed by atoms with Gasteiger partial charge in [0.2, 0.25) is 0 Å². The minimum Gasteiger partial charge on any atom is -0.768 e. The summed E-state index contributed by atoms with van der Waals surface area (Å²) in [6.07, 6.45) is 4.44. The summed E-state index contributed by atoms with van der Waals surface area (Å²) < 4.78 is 73.5. The van der Waals surface area contributed by atoms with Crippen LogP contribution < -0.4 is 5.32 Å². The molecule has 0 radical (unpaired) electrons. The predicted octanol–water partition coefficient (Wildman–Crippen LogP) is 6.75. The second-order valence-electron chi connectivity index (χ2n) is 9.14. The fourth-order valence-corrected chi connectivity index (χ4v) is 6.74. The van der Waals surface area contributed by atoms with Gasteiger partial charge < -0.3 is 14.6 Å². The molecule has 3 heterocycles. The molecule has 0 spiro atoms. The van der Waals surface area contributed by atoms with E-state index in [9.17, 15) is 21.9 Å². The summed E-state index contributed by atoms with van der Waals surface area (Å²) in [6, 6.07) is 6.03. The Balaban J connectivity index is 1.45. The highest BCUT2D eigenvalue weighted by Gasteiger charge is 2.39. The highest BCUT2D eigenvalue weighted by molar-refractivity contribution is 7.79. The number of benzene rings is 1. The molecule has 12 heteroatoms. The van der Waals surface area contributed by atoms with Crippen LogP contribution >= 0.6 is 11.3 Å². The molecule has 2 fully saturated rings. The van der Waals surface area contributed by atoms with E-state index in [1.807, 2.05) is 0 Å². The first-order valence-electron chi connectivity index (χ1n) is 12.0. The van der Waals surface area contributed by atoms with Crippen LogP contribution in [0.25, 0.3) is 10.4 Å². The van der Waals surface area contributed by atoms with Gasteiger partial charge in [0.25, 0.3) is 0 Å². The highest BCUT2D eigenvalue weighted by Crippen LogP contribution is 2.46. The number of ether oxygens (including phenoxy) is 1. The Morgan fingerprint density at radius 2 is 1.89 bits per heavy atom. The molecule has 0 bridgehead atoms. The lowest BCUT2D eigenvalue weighted by molar-refractivity contribution is -0.140. The van der Waals surface area contributed by atoms with Gasteiger partial charge in [0.1, 0.15) is 6.23 Å². The van der Waals surface area contributed by atoms with E-state index in [1.54, 1.807) is 23.0 Å². The van der Waals surface area contributed by atoms with E-state index in [1.165, 1.54) is 12.1 Å². The van der Waals surface area contributed by atoms with E-state index in [0.717, 1.165) is 62.7 Å². The first-order valence-corrected chi connectivity index (χ1v) is 13.9. The number of thiazole rings is 1. The van der Waals surface area contributed by atoms with Crippen molar-refractivity contribution in [3.63, 3.8) is 0 Å². The summed E-state index contributed by atoms with van der Waals surface area (Å²) in [7, 11) is 0. The standard InChI is InChI=1S/C24H27F3N4O3S2/c25-24(26,27)22-21(35-23(29-22)15-6-2-1-3-7-15)17-10-9-16(14-18(17)36(32)33)28-19-11-12-31(30-19)20-8-4-5-13-34-20/h9-12,14-15,20H,1-8,13H2,(H,28,30)(H,32,33)/p-1. The van der Waals surface area contributed by atoms with E-state index in [0.29, 0.717) is 23.1 Å². The summed E-state index contributed by atoms with van der Waals surface area (Å²) in [5, 5.41) is 7.93. The molecule has 7 nitrogen and oxygen atoms in total. The van der Waals surface area contributed by atoms with Gasteiger partial charge in [0, 0.05) is 40.9 Å². The number of alkyl halides is 3. The number of anilines is 2. The van der Waals surface area contributed by atoms with Crippen LogP contribution in [-0.2, 0) is 22.0 Å². The second kappa shape index (κ2) is 10.6. The average molecular weight is 540 g/mol. The van der Waals surface area contributed by atoms with Crippen molar-refractivity contribution in [2.24, 2.45) is 0 Å². The van der Waals surface area contributed by atoms with Crippen LogP contribution in [0.3, 0.4) is 0 Å². The predicted molar refractivity (Wildman–Crippen MR) is 130 cm³/mol. The van der Waals surface area contributed by atoms with Crippen molar-refractivity contribution >= 4 is 33.9 Å². The van der Waals surface area contributed by atoms with Crippen LogP contribution in [0.15, 0.2) is 35.4 Å². The van der Waals surface area contributed by atoms with Crippen molar-refractivity contribution in [3.8, 4) is 10.4 Å². The Morgan fingerprint density at radius 3 is 2.58 bits per heavy atom. The largest absolute Gasteiger partial charge is 0.768 e. The molecule has 1 N–H and O–H groups in total. The number of aromatic nitrogens is 3. The Kier molecular flexibility index (Phi) is 7.47. The zero-order chi connectivity index (χ0) is 25.3. The lowest BCUT2D eigenvalue weighted by Gasteiger charge is -2.22. The van der Waals surface area contributed by atoms with Crippen LogP contribution in [0.4, 0.5) is 24.7 Å². The minimum absolute atomic E-state index is 0.00176. The van der Waals surface area contributed by atoms with Crippen LogP contribution in [0, 0.1) is 0 Å². The van der Waals surface area contributed by atoms with Gasteiger partial charge >= 0.3 is 6.18 Å². The summed E-state index contributed by atoms with van der Waals surface area (Å²) in [5.41, 5.74) is -0.619. The zero-order valence-corrected chi connectivity index (χ0v) is 21.1. The molecule has 2 aromatic heterocycles. The quantitative estimate of drug-likeness (QED) is 0.348. The third kappa shape index (κ3) is 5.51. The van der Waals surface area contributed by atoms with Gasteiger partial charge in [-0.1, -0.05) is 25.3 Å². The summed E-state index contributed by atoms with van der Waals surface area (Å²) in [5.74, 6) is 0.455. The molecule has 1 saturated carbocycles. The SMILES string of the molecule is O=S([O-])c1cc(Nc2ccn(C3CCCCO3)n2)ccc1-c1sc(C2CCCCC2)nc1C(F)(F)F. The van der Waals surface area contributed by atoms with Gasteiger partial charge in [-0.25, -0.2) is 9.67 Å². The summed E-state index contributed by atoms with van der Waals surface area (Å²) in [4.78, 5) is 3.59. The van der Waals surface area contributed by atoms with E-state index in [4.69, 9.17) is 4.74 Å². The normalized spacial score (nSPS) is 20.4. The molecule has 5 rings (SSSR count). The topological polar surface area (TPSA) is 92.1 Å². The average Bonchev–Trinajstić information content (AvgIpc) is 3.53. The van der Waals surface area contributed by atoms with Crippen molar-refractivity contribution in [3.05, 3.63) is 41.2 Å². The molecule has 1 aromatic carbocycles. The lowest BCUT2D eigenvalue weighted by atomic mass is 9.90. The third-order valence-corrected chi connectivity index (χ3v) is 8.55. The Hall–Kier alpha value is -2.28. The number of hydrogen-bond acceptors (Lipinski definition) is 7. The molecular formula is C24H26F3N4O3S2-. The van der Waals surface area contributed by atoms with Gasteiger partial charge in [0.15, 0.2) is 11.5 Å². The van der Waals surface area contributed by atoms with Crippen LogP contribution in [0.5, 0.6) is 0 Å². The maximum atomic E-state index is 13.9. The van der Waals surface area contributed by atoms with Crippen molar-refractivity contribution < 1.29 is 26.7 Å². The monoisotopic (exact) mass is 539 g/mol. The molecule has 1 aliphatic heterocycles. The van der Waals surface area contributed by atoms with Crippen molar-refractivity contribution in [2.45, 2.75) is 74.6 Å². The second-order valence-corrected chi connectivity index (χ2v) is 11.1. The fraction of sp³-hybridized carbons (Fsp3) is 0.500. The van der Waals surface area contributed by atoms with Crippen LogP contribution in [-0.4, -0.2) is 30.1 Å². The highest BCUT2D eigenvalue weighted by atomic mass is 32.2. The van der Waals surface area contributed by atoms with E-state index in [-0.39, 0.29) is 27.5 Å². The molecule has 1 aliphatic carbocycles. The van der Waals surface area contributed by atoms with Gasteiger partial charge in [0.05, 0.1) is 9.88 Å². The van der Waals surface area contributed by atoms with E-state index in [2.05, 4.69) is 15.4 Å². The third-order valence-electron chi connectivity index (χ3n) is 6.60. The van der Waals surface area contributed by atoms with Gasteiger partial charge in [-0.3, -0.25) is 4.21 Å². The molecule has 2 unspecified atom stereocenters. The Morgan fingerprint density at radius 1 is 1.11 bits per heavy atom. The first kappa shape index (κ1) is 25.4. The van der Waals surface area contributed by atoms with Crippen LogP contribution in [0.1, 0.15) is 74.2 Å². The smallest absolute Gasteiger partial charge is 0.434 e. The molecular weight excluding hydrogens is 513 g/mol. The van der Waals surface area contributed by atoms with Crippen LogP contribution in [0.2, 0.25) is 0 Å². The van der Waals surface area contributed by atoms with Gasteiger partial charge in [-0.15, -0.1) is 11.3 Å². The lowest BCUT2D eigenvalue weighted by Crippen LogP contribution is -2.18.